The van der Waals surface area contributed by atoms with Gasteiger partial charge >= 0.3 is 6.18 Å². The van der Waals surface area contributed by atoms with Crippen molar-refractivity contribution >= 4 is 11.7 Å². The van der Waals surface area contributed by atoms with Crippen molar-refractivity contribution in [1.82, 2.24) is 24.9 Å². The van der Waals surface area contributed by atoms with Gasteiger partial charge in [0.1, 0.15) is 11.5 Å². The topological polar surface area (TPSA) is 75.9 Å². The van der Waals surface area contributed by atoms with Crippen molar-refractivity contribution in [2.45, 2.75) is 38.0 Å². The Bertz CT molecular complexity index is 1130. The van der Waals surface area contributed by atoms with Crippen molar-refractivity contribution in [3.8, 4) is 5.69 Å². The molecule has 0 unspecified atom stereocenters. The molecule has 1 saturated carbocycles. The Morgan fingerprint density at radius 3 is 2.56 bits per heavy atom. The van der Waals surface area contributed by atoms with Gasteiger partial charge in [-0.3, -0.25) is 4.79 Å². The van der Waals surface area contributed by atoms with Crippen LogP contribution in [-0.2, 0) is 6.18 Å². The number of likely N-dealkylation sites (tertiary alicyclic amines) is 1. The lowest BCUT2D eigenvalue weighted by atomic mass is 10.0. The summed E-state index contributed by atoms with van der Waals surface area (Å²) in [6.07, 6.45) is 1.24. The molecule has 1 aliphatic heterocycles. The first kappa shape index (κ1) is 20.5. The van der Waals surface area contributed by atoms with Crippen molar-refractivity contribution in [3.05, 3.63) is 65.6 Å². The Hall–Kier alpha value is -3.43. The van der Waals surface area contributed by atoms with E-state index in [9.17, 15) is 18.0 Å². The third-order valence-electron chi connectivity index (χ3n) is 6.25. The zero-order chi connectivity index (χ0) is 22.5. The standard InChI is InChI=1S/C22H21F3N6O/c1-13-3-2-4-16(20(13)31-27-7-8-28-31)21(32)30-12-14-9-17(18(30)10-14)29-19-6-5-15(11-26-19)22(23,24)25/h2-8,11,14,17-18H,9-10,12H2,1H3,(H,26,29)/t14-,17-,18+/m1/s1. The number of anilines is 1. The number of hydrogen-bond donors (Lipinski definition) is 1. The van der Waals surface area contributed by atoms with E-state index in [1.54, 1.807) is 18.5 Å². The minimum absolute atomic E-state index is 0.0597. The summed E-state index contributed by atoms with van der Waals surface area (Å²) in [4.78, 5) is 20.8. The molecule has 1 aromatic carbocycles. The van der Waals surface area contributed by atoms with Crippen molar-refractivity contribution < 1.29 is 18.0 Å². The first-order chi connectivity index (χ1) is 15.3. The van der Waals surface area contributed by atoms with Gasteiger partial charge in [-0.15, -0.1) is 0 Å². The molecule has 0 spiro atoms. The van der Waals surface area contributed by atoms with Crippen LogP contribution in [0.15, 0.2) is 48.9 Å². The van der Waals surface area contributed by atoms with Crippen LogP contribution in [0.1, 0.15) is 34.3 Å². The summed E-state index contributed by atoms with van der Waals surface area (Å²) in [5.41, 5.74) is 1.28. The molecule has 32 heavy (non-hydrogen) atoms. The number of fused-ring (bicyclic) bond motifs is 2. The number of carbonyl (C=O) groups excluding carboxylic acids is 1. The van der Waals surface area contributed by atoms with Gasteiger partial charge in [0.15, 0.2) is 0 Å². The van der Waals surface area contributed by atoms with Crippen molar-refractivity contribution in [2.24, 2.45) is 5.92 Å². The minimum Gasteiger partial charge on any atom is -0.365 e. The predicted octanol–water partition coefficient (Wildman–Crippen LogP) is 3.70. The molecule has 0 radical (unpaired) electrons. The van der Waals surface area contributed by atoms with Gasteiger partial charge in [0.2, 0.25) is 0 Å². The molecule has 7 nitrogen and oxygen atoms in total. The van der Waals surface area contributed by atoms with Gasteiger partial charge in [0.25, 0.3) is 5.91 Å². The second-order valence-corrected chi connectivity index (χ2v) is 8.33. The maximum Gasteiger partial charge on any atom is 0.417 e. The molecule has 3 atom stereocenters. The van der Waals surface area contributed by atoms with Crippen LogP contribution in [-0.4, -0.2) is 49.4 Å². The number of aryl methyl sites for hydroxylation is 1. The number of amides is 1. The number of benzene rings is 1. The first-order valence-electron chi connectivity index (χ1n) is 10.4. The summed E-state index contributed by atoms with van der Waals surface area (Å²) in [6, 6.07) is 7.75. The Balaban J connectivity index is 1.37. The number of halogens is 3. The highest BCUT2D eigenvalue weighted by atomic mass is 19.4. The number of rotatable bonds is 4. The monoisotopic (exact) mass is 442 g/mol. The van der Waals surface area contributed by atoms with E-state index in [4.69, 9.17) is 0 Å². The summed E-state index contributed by atoms with van der Waals surface area (Å²) in [7, 11) is 0. The summed E-state index contributed by atoms with van der Waals surface area (Å²) in [5.74, 6) is 0.618. The van der Waals surface area contributed by atoms with Gasteiger partial charge in [-0.05, 0) is 49.4 Å². The van der Waals surface area contributed by atoms with Crippen LogP contribution in [0.25, 0.3) is 5.69 Å². The highest BCUT2D eigenvalue weighted by Gasteiger charge is 2.47. The molecule has 1 saturated heterocycles. The van der Waals surface area contributed by atoms with Crippen LogP contribution < -0.4 is 5.32 Å². The van der Waals surface area contributed by atoms with E-state index in [-0.39, 0.29) is 18.0 Å². The van der Waals surface area contributed by atoms with E-state index in [1.165, 1.54) is 10.9 Å². The Kier molecular flexibility index (Phi) is 4.87. The number of aromatic nitrogens is 4. The second-order valence-electron chi connectivity index (χ2n) is 8.33. The average molecular weight is 442 g/mol. The van der Waals surface area contributed by atoms with E-state index >= 15 is 0 Å². The zero-order valence-electron chi connectivity index (χ0n) is 17.3. The van der Waals surface area contributed by atoms with E-state index in [0.29, 0.717) is 29.5 Å². The summed E-state index contributed by atoms with van der Waals surface area (Å²) >= 11 is 0. The molecule has 3 aromatic rings. The van der Waals surface area contributed by atoms with E-state index in [0.717, 1.165) is 30.7 Å². The Morgan fingerprint density at radius 1 is 1.12 bits per heavy atom. The molecule has 1 aliphatic carbocycles. The second kappa shape index (κ2) is 7.61. The van der Waals surface area contributed by atoms with Crippen molar-refractivity contribution in [3.63, 3.8) is 0 Å². The lowest BCUT2D eigenvalue weighted by Gasteiger charge is -2.34. The van der Waals surface area contributed by atoms with Crippen LogP contribution in [0, 0.1) is 12.8 Å². The average Bonchev–Trinajstić information content (AvgIpc) is 3.50. The summed E-state index contributed by atoms with van der Waals surface area (Å²) in [6.45, 7) is 2.56. The van der Waals surface area contributed by atoms with Crippen LogP contribution in [0.3, 0.4) is 0 Å². The fourth-order valence-electron chi connectivity index (χ4n) is 4.83. The molecule has 2 aliphatic rings. The molecule has 2 aromatic heterocycles. The lowest BCUT2D eigenvalue weighted by molar-refractivity contribution is -0.137. The van der Waals surface area contributed by atoms with Crippen LogP contribution >= 0.6 is 0 Å². The summed E-state index contributed by atoms with van der Waals surface area (Å²) < 4.78 is 38.4. The molecule has 1 N–H and O–H groups in total. The molecular weight excluding hydrogens is 421 g/mol. The number of nitrogens with one attached hydrogen (secondary N) is 1. The third-order valence-corrected chi connectivity index (χ3v) is 6.25. The van der Waals surface area contributed by atoms with Crippen molar-refractivity contribution in [1.29, 1.82) is 0 Å². The number of piperidine rings is 1. The fourth-order valence-corrected chi connectivity index (χ4v) is 4.83. The van der Waals surface area contributed by atoms with Gasteiger partial charge in [0.05, 0.1) is 29.6 Å². The van der Waals surface area contributed by atoms with E-state index in [2.05, 4.69) is 20.5 Å². The minimum atomic E-state index is -4.42. The maximum atomic E-state index is 13.5. The first-order valence-corrected chi connectivity index (χ1v) is 10.4. The Labute approximate surface area is 182 Å². The van der Waals surface area contributed by atoms with Crippen LogP contribution in [0.4, 0.5) is 19.0 Å². The van der Waals surface area contributed by atoms with E-state index in [1.807, 2.05) is 24.0 Å². The zero-order valence-corrected chi connectivity index (χ0v) is 17.3. The van der Waals surface area contributed by atoms with Gasteiger partial charge in [-0.2, -0.15) is 28.2 Å². The van der Waals surface area contributed by atoms with E-state index < -0.39 is 11.7 Å². The number of pyridine rings is 1. The van der Waals surface area contributed by atoms with Gasteiger partial charge in [-0.1, -0.05) is 12.1 Å². The fraction of sp³-hybridized carbons (Fsp3) is 0.364. The Morgan fingerprint density at radius 2 is 1.91 bits per heavy atom. The molecular formula is C22H21F3N6O. The molecule has 10 heteroatoms. The highest BCUT2D eigenvalue weighted by Crippen LogP contribution is 2.40. The quantitative estimate of drug-likeness (QED) is 0.667. The number of carbonyl (C=O) groups is 1. The number of nitrogens with zero attached hydrogens (tertiary/aromatic N) is 5. The largest absolute Gasteiger partial charge is 0.417 e. The van der Waals surface area contributed by atoms with Crippen LogP contribution in [0.5, 0.6) is 0 Å². The normalized spacial score (nSPS) is 22.4. The number of para-hydroxylation sites is 1. The number of alkyl halides is 3. The lowest BCUT2D eigenvalue weighted by Crippen LogP contribution is -2.48. The van der Waals surface area contributed by atoms with Gasteiger partial charge in [0, 0.05) is 18.8 Å². The maximum absolute atomic E-state index is 13.5. The molecule has 1 amide bonds. The predicted molar refractivity (Wildman–Crippen MR) is 110 cm³/mol. The number of hydrogen-bond acceptors (Lipinski definition) is 5. The molecule has 166 valence electrons. The highest BCUT2D eigenvalue weighted by molar-refractivity contribution is 5.98. The molecule has 2 bridgehead atoms. The van der Waals surface area contributed by atoms with Crippen molar-refractivity contribution in [2.75, 3.05) is 11.9 Å². The van der Waals surface area contributed by atoms with Gasteiger partial charge < -0.3 is 10.2 Å². The third kappa shape index (κ3) is 3.59. The summed E-state index contributed by atoms with van der Waals surface area (Å²) in [5, 5.41) is 11.6. The van der Waals surface area contributed by atoms with Gasteiger partial charge in [-0.25, -0.2) is 4.98 Å². The smallest absolute Gasteiger partial charge is 0.365 e. The van der Waals surface area contributed by atoms with Crippen LogP contribution in [0.2, 0.25) is 0 Å². The molecule has 3 heterocycles. The molecule has 2 fully saturated rings. The SMILES string of the molecule is Cc1cccc(C(=O)N2C[C@@H]3C[C@@H](Nc4ccc(C(F)(F)F)cn4)[C@@H]2C3)c1-n1nccn1. The molecule has 5 rings (SSSR count).